The molecule has 0 spiro atoms. The number of pyridine rings is 1. The predicted molar refractivity (Wildman–Crippen MR) is 68.8 cm³/mol. The van der Waals surface area contributed by atoms with E-state index in [-0.39, 0.29) is 24.1 Å². The van der Waals surface area contributed by atoms with Gasteiger partial charge in [-0.25, -0.2) is 0 Å². The third-order valence-corrected chi connectivity index (χ3v) is 2.55. The van der Waals surface area contributed by atoms with Crippen LogP contribution in [0.25, 0.3) is 0 Å². The molecule has 0 bridgehead atoms. The highest BCUT2D eigenvalue weighted by atomic mass is 16.2. The zero-order chi connectivity index (χ0) is 13.8. The molecule has 0 fully saturated rings. The van der Waals surface area contributed by atoms with Gasteiger partial charge in [0, 0.05) is 25.5 Å². The molecule has 1 rings (SSSR count). The van der Waals surface area contributed by atoms with E-state index in [0.717, 1.165) is 0 Å². The van der Waals surface area contributed by atoms with Gasteiger partial charge in [-0.15, -0.1) is 0 Å². The average molecular weight is 250 g/mol. The van der Waals surface area contributed by atoms with E-state index in [9.17, 15) is 9.59 Å². The highest BCUT2D eigenvalue weighted by molar-refractivity contribution is 5.93. The van der Waals surface area contributed by atoms with Crippen LogP contribution in [0.15, 0.2) is 18.3 Å². The Hall–Kier alpha value is -2.11. The molecule has 6 nitrogen and oxygen atoms in total. The van der Waals surface area contributed by atoms with Gasteiger partial charge in [-0.3, -0.25) is 14.6 Å². The fourth-order valence-corrected chi connectivity index (χ4v) is 1.38. The second kappa shape index (κ2) is 5.48. The maximum absolute atomic E-state index is 11.8. The number of carbonyl (C=O) groups excluding carboxylic acids is 2. The van der Waals surface area contributed by atoms with Crippen molar-refractivity contribution >= 4 is 17.5 Å². The number of amides is 2. The summed E-state index contributed by atoms with van der Waals surface area (Å²) in [6, 6.07) is 3.09. The minimum atomic E-state index is -0.676. The van der Waals surface area contributed by atoms with Crippen LogP contribution in [-0.2, 0) is 4.79 Å². The highest BCUT2D eigenvalue weighted by Gasteiger charge is 2.27. The summed E-state index contributed by atoms with van der Waals surface area (Å²) in [5.74, 6) is -0.484. The normalized spacial score (nSPS) is 10.8. The number of hydrogen-bond acceptors (Lipinski definition) is 4. The van der Waals surface area contributed by atoms with Crippen molar-refractivity contribution in [3.8, 4) is 0 Å². The van der Waals surface area contributed by atoms with E-state index in [4.69, 9.17) is 5.73 Å². The maximum Gasteiger partial charge on any atom is 0.269 e. The maximum atomic E-state index is 11.8. The molecular formula is C12H18N4O2. The molecule has 0 aliphatic carbocycles. The smallest absolute Gasteiger partial charge is 0.269 e. The van der Waals surface area contributed by atoms with E-state index in [1.165, 1.54) is 12.3 Å². The van der Waals surface area contributed by atoms with Crippen LogP contribution in [0.3, 0.4) is 0 Å². The van der Waals surface area contributed by atoms with E-state index in [0.29, 0.717) is 5.69 Å². The fourth-order valence-electron chi connectivity index (χ4n) is 1.38. The van der Waals surface area contributed by atoms with Crippen LogP contribution in [0.2, 0.25) is 0 Å². The average Bonchev–Trinajstić information content (AvgIpc) is 2.35. The fraction of sp³-hybridized carbons (Fsp3) is 0.417. The van der Waals surface area contributed by atoms with Gasteiger partial charge in [0.25, 0.3) is 5.91 Å². The first-order chi connectivity index (χ1) is 8.36. The van der Waals surface area contributed by atoms with Crippen molar-refractivity contribution in [2.24, 2.45) is 5.41 Å². The number of aromatic nitrogens is 1. The first kappa shape index (κ1) is 14.0. The van der Waals surface area contributed by atoms with Crippen LogP contribution >= 0.6 is 0 Å². The van der Waals surface area contributed by atoms with E-state index < -0.39 is 5.41 Å². The summed E-state index contributed by atoms with van der Waals surface area (Å²) in [5.41, 5.74) is 5.60. The van der Waals surface area contributed by atoms with Crippen LogP contribution in [0.5, 0.6) is 0 Å². The Morgan fingerprint density at radius 1 is 1.44 bits per heavy atom. The minimum Gasteiger partial charge on any atom is -0.399 e. The van der Waals surface area contributed by atoms with Crippen molar-refractivity contribution in [2.45, 2.75) is 13.8 Å². The molecule has 1 heterocycles. The molecule has 0 radical (unpaired) electrons. The number of nitrogens with two attached hydrogens (primary N) is 1. The summed E-state index contributed by atoms with van der Waals surface area (Å²) in [6.45, 7) is 3.72. The van der Waals surface area contributed by atoms with Gasteiger partial charge >= 0.3 is 0 Å². The quantitative estimate of drug-likeness (QED) is 0.709. The Bertz CT molecular complexity index is 457. The lowest BCUT2D eigenvalue weighted by molar-refractivity contribution is -0.128. The third-order valence-electron chi connectivity index (χ3n) is 2.55. The molecule has 0 saturated heterocycles. The van der Waals surface area contributed by atoms with Gasteiger partial charge in [0.2, 0.25) is 5.91 Å². The summed E-state index contributed by atoms with van der Waals surface area (Å²) in [7, 11) is 1.56. The number of nitrogens with zero attached hydrogens (tertiary/aromatic N) is 1. The van der Waals surface area contributed by atoms with E-state index in [1.54, 1.807) is 27.0 Å². The number of rotatable bonds is 4. The van der Waals surface area contributed by atoms with Crippen LogP contribution in [-0.4, -0.2) is 30.4 Å². The number of hydrogen-bond donors (Lipinski definition) is 3. The molecule has 0 aromatic carbocycles. The molecule has 1 aromatic heterocycles. The molecule has 1 aromatic rings. The molecule has 0 atom stereocenters. The molecule has 6 heteroatoms. The van der Waals surface area contributed by atoms with Gasteiger partial charge < -0.3 is 16.4 Å². The third kappa shape index (κ3) is 3.44. The Balaban J connectivity index is 2.64. The van der Waals surface area contributed by atoms with E-state index >= 15 is 0 Å². The van der Waals surface area contributed by atoms with Crippen LogP contribution in [0.4, 0.5) is 5.69 Å². The predicted octanol–water partition coefficient (Wildman–Crippen LogP) is 0.166. The van der Waals surface area contributed by atoms with Crippen molar-refractivity contribution in [1.82, 2.24) is 15.6 Å². The summed E-state index contributed by atoms with van der Waals surface area (Å²) >= 11 is 0. The Labute approximate surface area is 106 Å². The Kier molecular flexibility index (Phi) is 4.25. The standard InChI is InChI=1S/C12H18N4O2/c1-12(2,11(18)14-3)7-16-10(17)9-6-8(13)4-5-15-9/h4-6H,7H2,1-3H3,(H2,13,15)(H,14,18)(H,16,17). The topological polar surface area (TPSA) is 97.1 Å². The van der Waals surface area contributed by atoms with Gasteiger partial charge in [-0.2, -0.15) is 0 Å². The zero-order valence-corrected chi connectivity index (χ0v) is 10.8. The zero-order valence-electron chi connectivity index (χ0n) is 10.8. The van der Waals surface area contributed by atoms with Crippen LogP contribution in [0, 0.1) is 5.41 Å². The second-order valence-corrected chi connectivity index (χ2v) is 4.62. The summed E-state index contributed by atoms with van der Waals surface area (Å²) < 4.78 is 0. The largest absolute Gasteiger partial charge is 0.399 e. The summed E-state index contributed by atoms with van der Waals surface area (Å²) in [6.07, 6.45) is 1.47. The first-order valence-electron chi connectivity index (χ1n) is 5.59. The van der Waals surface area contributed by atoms with Crippen molar-refractivity contribution in [2.75, 3.05) is 19.3 Å². The van der Waals surface area contributed by atoms with Crippen molar-refractivity contribution < 1.29 is 9.59 Å². The van der Waals surface area contributed by atoms with Crippen molar-refractivity contribution in [1.29, 1.82) is 0 Å². The lowest BCUT2D eigenvalue weighted by atomic mass is 9.92. The molecule has 0 saturated carbocycles. The first-order valence-corrected chi connectivity index (χ1v) is 5.59. The SMILES string of the molecule is CNC(=O)C(C)(C)CNC(=O)c1cc(N)ccn1. The van der Waals surface area contributed by atoms with Gasteiger partial charge in [0.05, 0.1) is 5.41 Å². The molecule has 0 aliphatic rings. The molecular weight excluding hydrogens is 232 g/mol. The minimum absolute atomic E-state index is 0.136. The van der Waals surface area contributed by atoms with Crippen LogP contribution in [0.1, 0.15) is 24.3 Å². The summed E-state index contributed by atoms with van der Waals surface area (Å²) in [5, 5.41) is 5.22. The molecule has 2 amide bonds. The lowest BCUT2D eigenvalue weighted by Gasteiger charge is -2.22. The van der Waals surface area contributed by atoms with Crippen molar-refractivity contribution in [3.05, 3.63) is 24.0 Å². The van der Waals surface area contributed by atoms with Gasteiger partial charge in [0.15, 0.2) is 0 Å². The molecule has 4 N–H and O–H groups in total. The van der Waals surface area contributed by atoms with Crippen LogP contribution < -0.4 is 16.4 Å². The molecule has 0 aliphatic heterocycles. The van der Waals surface area contributed by atoms with Gasteiger partial charge in [0.1, 0.15) is 5.69 Å². The number of nitrogen functional groups attached to an aromatic ring is 1. The lowest BCUT2D eigenvalue weighted by Crippen LogP contribution is -2.43. The number of anilines is 1. The van der Waals surface area contributed by atoms with E-state index in [1.807, 2.05) is 0 Å². The number of nitrogens with one attached hydrogen (secondary N) is 2. The molecule has 0 unspecified atom stereocenters. The Morgan fingerprint density at radius 2 is 2.11 bits per heavy atom. The monoisotopic (exact) mass is 250 g/mol. The van der Waals surface area contributed by atoms with Gasteiger partial charge in [-0.05, 0) is 26.0 Å². The summed E-state index contributed by atoms with van der Waals surface area (Å²) in [4.78, 5) is 27.2. The molecule has 98 valence electrons. The van der Waals surface area contributed by atoms with E-state index in [2.05, 4.69) is 15.6 Å². The van der Waals surface area contributed by atoms with Gasteiger partial charge in [-0.1, -0.05) is 0 Å². The van der Waals surface area contributed by atoms with Crippen molar-refractivity contribution in [3.63, 3.8) is 0 Å². The highest BCUT2D eigenvalue weighted by Crippen LogP contribution is 2.13. The number of carbonyl (C=O) groups is 2. The Morgan fingerprint density at radius 3 is 2.67 bits per heavy atom. The molecule has 18 heavy (non-hydrogen) atoms. The second-order valence-electron chi connectivity index (χ2n) is 4.62.